The summed E-state index contributed by atoms with van der Waals surface area (Å²) in [6.07, 6.45) is 4.26. The molecule has 1 rings (SSSR count). The Labute approximate surface area is 96.8 Å². The second kappa shape index (κ2) is 9.09. The van der Waals surface area contributed by atoms with E-state index < -0.39 is 0 Å². The van der Waals surface area contributed by atoms with Gasteiger partial charge in [0.2, 0.25) is 0 Å². The van der Waals surface area contributed by atoms with Gasteiger partial charge in [-0.15, -0.1) is 0 Å². The Morgan fingerprint density at radius 2 is 2.00 bits per heavy atom. The number of quaternary nitrogens is 1. The summed E-state index contributed by atoms with van der Waals surface area (Å²) in [6.45, 7) is 3.12. The first-order valence-electron chi connectivity index (χ1n) is 5.65. The molecule has 0 spiro atoms. The Morgan fingerprint density at radius 1 is 1.19 bits per heavy atom. The third-order valence-corrected chi connectivity index (χ3v) is 2.11. The molecule has 0 bridgehead atoms. The van der Waals surface area contributed by atoms with E-state index in [-0.39, 0.29) is 6.61 Å². The van der Waals surface area contributed by atoms with Crippen LogP contribution in [0.15, 0.2) is 36.4 Å². The fourth-order valence-corrected chi connectivity index (χ4v) is 1.32. The monoisotopic (exact) mass is 222 g/mol. The zero-order valence-electron chi connectivity index (χ0n) is 9.51. The van der Waals surface area contributed by atoms with Crippen molar-refractivity contribution in [3.63, 3.8) is 0 Å². The van der Waals surface area contributed by atoms with E-state index in [2.05, 4.69) is 29.6 Å². The average molecular weight is 222 g/mol. The summed E-state index contributed by atoms with van der Waals surface area (Å²) in [7, 11) is 0. The van der Waals surface area contributed by atoms with Gasteiger partial charge in [0.15, 0.2) is 0 Å². The summed E-state index contributed by atoms with van der Waals surface area (Å²) in [5, 5.41) is 10.7. The van der Waals surface area contributed by atoms with E-state index in [1.807, 2.05) is 18.2 Å². The van der Waals surface area contributed by atoms with Crippen molar-refractivity contribution in [3.05, 3.63) is 42.0 Å². The van der Waals surface area contributed by atoms with Gasteiger partial charge in [-0.25, -0.2) is 0 Å². The lowest BCUT2D eigenvalue weighted by atomic mass is 10.2. The maximum Gasteiger partial charge on any atom is 0.0995 e. The highest BCUT2D eigenvalue weighted by Crippen LogP contribution is 1.99. The molecule has 88 valence electrons. The maximum absolute atomic E-state index is 8.49. The van der Waals surface area contributed by atoms with E-state index in [9.17, 15) is 0 Å². The van der Waals surface area contributed by atoms with Crippen LogP contribution in [0.5, 0.6) is 0 Å². The van der Waals surface area contributed by atoms with Crippen LogP contribution in [-0.4, -0.2) is 38.0 Å². The zero-order valence-corrected chi connectivity index (χ0v) is 9.51. The van der Waals surface area contributed by atoms with Gasteiger partial charge >= 0.3 is 0 Å². The summed E-state index contributed by atoms with van der Waals surface area (Å²) in [5.41, 5.74) is 1.23. The highest BCUT2D eigenvalue weighted by Gasteiger charge is 1.89. The van der Waals surface area contributed by atoms with E-state index >= 15 is 0 Å². The van der Waals surface area contributed by atoms with Crippen LogP contribution >= 0.6 is 0 Å². The molecule has 0 fully saturated rings. The summed E-state index contributed by atoms with van der Waals surface area (Å²) in [4.78, 5) is 0. The number of ether oxygens (including phenoxy) is 1. The topological polar surface area (TPSA) is 46.1 Å². The van der Waals surface area contributed by atoms with E-state index in [1.165, 1.54) is 5.56 Å². The van der Waals surface area contributed by atoms with Crippen molar-refractivity contribution >= 4 is 6.08 Å². The minimum Gasteiger partial charge on any atom is -0.394 e. The lowest BCUT2D eigenvalue weighted by Gasteiger charge is -1.99. The standard InChI is InChI=1S/C13H19NO2/c15-10-12-16-11-9-14-8-4-7-13-5-2-1-3-6-13/h1-7,14-15H,8-12H2/p+1/b7-4+. The van der Waals surface area contributed by atoms with Gasteiger partial charge in [0.1, 0.15) is 0 Å². The van der Waals surface area contributed by atoms with Crippen molar-refractivity contribution in [2.45, 2.75) is 0 Å². The fourth-order valence-electron chi connectivity index (χ4n) is 1.32. The number of hydrogen-bond acceptors (Lipinski definition) is 2. The van der Waals surface area contributed by atoms with E-state index in [0.29, 0.717) is 13.2 Å². The normalized spacial score (nSPS) is 11.1. The number of rotatable bonds is 8. The van der Waals surface area contributed by atoms with Crippen LogP contribution in [0.4, 0.5) is 0 Å². The van der Waals surface area contributed by atoms with Crippen LogP contribution in [0.25, 0.3) is 6.08 Å². The molecule has 0 aliphatic carbocycles. The molecule has 0 aliphatic heterocycles. The van der Waals surface area contributed by atoms with Crippen molar-refractivity contribution in [2.24, 2.45) is 0 Å². The molecule has 1 aromatic rings. The largest absolute Gasteiger partial charge is 0.394 e. The van der Waals surface area contributed by atoms with Crippen molar-refractivity contribution in [1.29, 1.82) is 0 Å². The summed E-state index contributed by atoms with van der Waals surface area (Å²) < 4.78 is 5.14. The minimum absolute atomic E-state index is 0.105. The molecular formula is C13H20NO2+. The fraction of sp³-hybridized carbons (Fsp3) is 0.385. The molecule has 0 aromatic heterocycles. The van der Waals surface area contributed by atoms with Gasteiger partial charge in [0.25, 0.3) is 0 Å². The smallest absolute Gasteiger partial charge is 0.0995 e. The molecule has 16 heavy (non-hydrogen) atoms. The van der Waals surface area contributed by atoms with Gasteiger partial charge in [-0.2, -0.15) is 0 Å². The Balaban J connectivity index is 2.01. The summed E-state index contributed by atoms with van der Waals surface area (Å²) in [6, 6.07) is 10.3. The van der Waals surface area contributed by atoms with Crippen LogP contribution in [0, 0.1) is 0 Å². The predicted molar refractivity (Wildman–Crippen MR) is 65.0 cm³/mol. The van der Waals surface area contributed by atoms with E-state index in [1.54, 1.807) is 0 Å². The zero-order chi connectivity index (χ0) is 11.5. The lowest BCUT2D eigenvalue weighted by Crippen LogP contribution is -2.84. The Kier molecular flexibility index (Phi) is 7.34. The first-order valence-corrected chi connectivity index (χ1v) is 5.65. The third kappa shape index (κ3) is 6.35. The SMILES string of the molecule is OCCOCC[NH2+]C/C=C/c1ccccc1. The van der Waals surface area contributed by atoms with Crippen LogP contribution in [-0.2, 0) is 4.74 Å². The molecule has 0 unspecified atom stereocenters. The van der Waals surface area contributed by atoms with E-state index in [0.717, 1.165) is 13.1 Å². The van der Waals surface area contributed by atoms with Crippen molar-refractivity contribution in [1.82, 2.24) is 0 Å². The highest BCUT2D eigenvalue weighted by atomic mass is 16.5. The molecule has 0 amide bonds. The second-order valence-electron chi connectivity index (χ2n) is 3.46. The lowest BCUT2D eigenvalue weighted by molar-refractivity contribution is -0.647. The minimum atomic E-state index is 0.105. The van der Waals surface area contributed by atoms with Gasteiger partial charge < -0.3 is 15.2 Å². The molecule has 0 atom stereocenters. The van der Waals surface area contributed by atoms with E-state index in [4.69, 9.17) is 9.84 Å². The first kappa shape index (κ1) is 12.9. The van der Waals surface area contributed by atoms with Crippen molar-refractivity contribution in [2.75, 3.05) is 32.9 Å². The van der Waals surface area contributed by atoms with Crippen LogP contribution in [0.2, 0.25) is 0 Å². The molecule has 0 saturated carbocycles. The van der Waals surface area contributed by atoms with Crippen LogP contribution in [0.3, 0.4) is 0 Å². The Bertz CT molecular complexity index is 285. The van der Waals surface area contributed by atoms with Gasteiger partial charge in [0.05, 0.1) is 32.9 Å². The molecule has 3 heteroatoms. The van der Waals surface area contributed by atoms with Crippen LogP contribution in [0.1, 0.15) is 5.56 Å². The Hall–Kier alpha value is -1.16. The summed E-state index contributed by atoms with van der Waals surface area (Å²) >= 11 is 0. The van der Waals surface area contributed by atoms with Crippen molar-refractivity contribution < 1.29 is 15.2 Å². The first-order chi connectivity index (χ1) is 7.93. The molecular weight excluding hydrogens is 202 g/mol. The molecule has 0 heterocycles. The number of nitrogens with two attached hydrogens (primary N) is 1. The highest BCUT2D eigenvalue weighted by molar-refractivity contribution is 5.48. The van der Waals surface area contributed by atoms with Crippen molar-refractivity contribution in [3.8, 4) is 0 Å². The van der Waals surface area contributed by atoms with Gasteiger partial charge in [-0.05, 0) is 11.6 Å². The van der Waals surface area contributed by atoms with Gasteiger partial charge in [0, 0.05) is 0 Å². The summed E-state index contributed by atoms with van der Waals surface area (Å²) in [5.74, 6) is 0. The molecule has 1 aromatic carbocycles. The number of aliphatic hydroxyl groups excluding tert-OH is 1. The molecule has 3 N–H and O–H groups in total. The molecule has 0 aliphatic rings. The maximum atomic E-state index is 8.49. The average Bonchev–Trinajstić information content (AvgIpc) is 2.34. The predicted octanol–water partition coefficient (Wildman–Crippen LogP) is 0.272. The molecule has 0 saturated heterocycles. The molecule has 0 radical (unpaired) electrons. The van der Waals surface area contributed by atoms with Crippen LogP contribution < -0.4 is 5.32 Å². The third-order valence-electron chi connectivity index (χ3n) is 2.11. The Morgan fingerprint density at radius 3 is 2.75 bits per heavy atom. The number of benzene rings is 1. The van der Waals surface area contributed by atoms with Gasteiger partial charge in [-0.3, -0.25) is 0 Å². The second-order valence-corrected chi connectivity index (χ2v) is 3.46. The quantitative estimate of drug-likeness (QED) is 0.620. The number of aliphatic hydroxyl groups is 1. The van der Waals surface area contributed by atoms with Gasteiger partial charge in [-0.1, -0.05) is 36.4 Å². The molecule has 3 nitrogen and oxygen atoms in total. The number of hydrogen-bond donors (Lipinski definition) is 2.